The number of fused-ring (bicyclic) bond motifs is 2. The van der Waals surface area contributed by atoms with Crippen LogP contribution in [0.5, 0.6) is 0 Å². The van der Waals surface area contributed by atoms with Crippen LogP contribution in [0, 0.1) is 6.92 Å². The number of anilines is 1. The molecule has 3 heterocycles. The summed E-state index contributed by atoms with van der Waals surface area (Å²) < 4.78 is 0. The molecule has 2 aromatic carbocycles. The van der Waals surface area contributed by atoms with Crippen molar-refractivity contribution in [1.82, 2.24) is 10.3 Å². The van der Waals surface area contributed by atoms with E-state index in [0.717, 1.165) is 54.2 Å². The highest BCUT2D eigenvalue weighted by Crippen LogP contribution is 2.33. The Morgan fingerprint density at radius 1 is 1.07 bits per heavy atom. The number of hydrogen-bond acceptors (Lipinski definition) is 4. The van der Waals surface area contributed by atoms with E-state index in [-0.39, 0.29) is 0 Å². The van der Waals surface area contributed by atoms with Gasteiger partial charge in [0.05, 0.1) is 5.69 Å². The normalized spacial score (nSPS) is 16.9. The molecule has 4 heteroatoms. The molecule has 0 radical (unpaired) electrons. The van der Waals surface area contributed by atoms with Gasteiger partial charge in [-0.1, -0.05) is 36.4 Å². The molecule has 0 aliphatic carbocycles. The van der Waals surface area contributed by atoms with Crippen molar-refractivity contribution in [1.29, 1.82) is 0 Å². The molecule has 2 aliphatic rings. The van der Waals surface area contributed by atoms with Crippen LogP contribution in [0.15, 0.2) is 77.8 Å². The number of aryl methyl sites for hydroxylation is 1. The van der Waals surface area contributed by atoms with Crippen molar-refractivity contribution in [2.24, 2.45) is 5.73 Å². The Morgan fingerprint density at radius 2 is 1.93 bits per heavy atom. The fraction of sp³-hybridized carbons (Fsp3) is 0.208. The van der Waals surface area contributed by atoms with E-state index in [4.69, 9.17) is 10.7 Å². The predicted molar refractivity (Wildman–Crippen MR) is 116 cm³/mol. The minimum absolute atomic E-state index is 0.806. The van der Waals surface area contributed by atoms with Crippen molar-refractivity contribution in [2.45, 2.75) is 13.3 Å². The number of nitrogens with one attached hydrogen (secondary N) is 1. The standard InChI is InChI=1S/C24H24N4/c1-16-6-7-20(28-11-9-19-14-26-10-8-21(19)24(28)25)13-22(16)23-12-17-4-2-3-5-18(17)15-27-23/h2-7,9,12-13,15,26H,8,10-11,14,25H2,1H3. The Labute approximate surface area is 165 Å². The molecule has 3 aromatic rings. The molecule has 2 aliphatic heterocycles. The van der Waals surface area contributed by atoms with Crippen LogP contribution >= 0.6 is 0 Å². The number of benzene rings is 2. The highest BCUT2D eigenvalue weighted by atomic mass is 15.2. The molecule has 0 atom stereocenters. The van der Waals surface area contributed by atoms with E-state index in [2.05, 4.69) is 65.7 Å². The topological polar surface area (TPSA) is 54.2 Å². The van der Waals surface area contributed by atoms with E-state index in [1.54, 1.807) is 0 Å². The Bertz CT molecular complexity index is 1130. The van der Waals surface area contributed by atoms with Gasteiger partial charge in [0.1, 0.15) is 5.82 Å². The molecule has 0 bridgehead atoms. The molecule has 1 aromatic heterocycles. The van der Waals surface area contributed by atoms with Gasteiger partial charge in [-0.25, -0.2) is 0 Å². The van der Waals surface area contributed by atoms with Gasteiger partial charge in [0, 0.05) is 35.9 Å². The number of nitrogens with two attached hydrogens (primary N) is 1. The fourth-order valence-electron chi connectivity index (χ4n) is 4.18. The summed E-state index contributed by atoms with van der Waals surface area (Å²) in [4.78, 5) is 6.94. The lowest BCUT2D eigenvalue weighted by Crippen LogP contribution is -2.37. The van der Waals surface area contributed by atoms with Crippen molar-refractivity contribution < 1.29 is 0 Å². The zero-order chi connectivity index (χ0) is 19.1. The molecule has 5 rings (SSSR count). The zero-order valence-electron chi connectivity index (χ0n) is 16.1. The number of nitrogens with zero attached hydrogens (tertiary/aromatic N) is 2. The molecule has 0 amide bonds. The summed E-state index contributed by atoms with van der Waals surface area (Å²) in [5.74, 6) is 0.889. The first-order chi connectivity index (χ1) is 13.7. The first kappa shape index (κ1) is 17.0. The van der Waals surface area contributed by atoms with Crippen molar-refractivity contribution in [3.8, 4) is 11.3 Å². The fourth-order valence-corrected chi connectivity index (χ4v) is 4.18. The van der Waals surface area contributed by atoms with Crippen LogP contribution in [0.3, 0.4) is 0 Å². The summed E-state index contributed by atoms with van der Waals surface area (Å²) in [5, 5.41) is 5.80. The molecule has 140 valence electrons. The summed E-state index contributed by atoms with van der Waals surface area (Å²) in [7, 11) is 0. The second-order valence-corrected chi connectivity index (χ2v) is 7.55. The van der Waals surface area contributed by atoms with Crippen LogP contribution < -0.4 is 16.0 Å². The Kier molecular flexibility index (Phi) is 4.14. The molecule has 4 nitrogen and oxygen atoms in total. The highest BCUT2D eigenvalue weighted by Gasteiger charge is 2.23. The van der Waals surface area contributed by atoms with Crippen molar-refractivity contribution in [3.63, 3.8) is 0 Å². The molecule has 3 N–H and O–H groups in total. The minimum Gasteiger partial charge on any atom is -0.385 e. The van der Waals surface area contributed by atoms with Crippen LogP contribution in [0.1, 0.15) is 12.0 Å². The van der Waals surface area contributed by atoms with Gasteiger partial charge in [-0.15, -0.1) is 0 Å². The lowest BCUT2D eigenvalue weighted by molar-refractivity contribution is 0.663. The van der Waals surface area contributed by atoms with Crippen LogP contribution in [0.25, 0.3) is 22.0 Å². The van der Waals surface area contributed by atoms with Gasteiger partial charge in [-0.3, -0.25) is 4.98 Å². The molecule has 1 saturated heterocycles. The molecule has 28 heavy (non-hydrogen) atoms. The summed E-state index contributed by atoms with van der Waals surface area (Å²) in [6.45, 7) is 4.85. The monoisotopic (exact) mass is 368 g/mol. The van der Waals surface area contributed by atoms with E-state index in [0.29, 0.717) is 0 Å². The zero-order valence-corrected chi connectivity index (χ0v) is 16.1. The van der Waals surface area contributed by atoms with Crippen molar-refractivity contribution in [2.75, 3.05) is 24.5 Å². The number of piperidine rings is 1. The Hall–Kier alpha value is -3.11. The smallest absolute Gasteiger partial charge is 0.107 e. The molecular formula is C24H24N4. The highest BCUT2D eigenvalue weighted by molar-refractivity contribution is 5.86. The van der Waals surface area contributed by atoms with Crippen LogP contribution in [-0.4, -0.2) is 24.6 Å². The van der Waals surface area contributed by atoms with E-state index >= 15 is 0 Å². The summed E-state index contributed by atoms with van der Waals surface area (Å²) in [6.07, 6.45) is 5.24. The van der Waals surface area contributed by atoms with E-state index in [1.807, 2.05) is 12.3 Å². The Morgan fingerprint density at radius 3 is 2.82 bits per heavy atom. The maximum Gasteiger partial charge on any atom is 0.107 e. The van der Waals surface area contributed by atoms with Gasteiger partial charge in [0.25, 0.3) is 0 Å². The average molecular weight is 368 g/mol. The molecule has 0 saturated carbocycles. The van der Waals surface area contributed by atoms with E-state index in [9.17, 15) is 0 Å². The molecular weight excluding hydrogens is 344 g/mol. The van der Waals surface area contributed by atoms with Crippen LogP contribution in [0.2, 0.25) is 0 Å². The Balaban J connectivity index is 1.56. The molecule has 0 unspecified atom stereocenters. The minimum atomic E-state index is 0.806. The van der Waals surface area contributed by atoms with Gasteiger partial charge in [-0.2, -0.15) is 0 Å². The van der Waals surface area contributed by atoms with E-state index < -0.39 is 0 Å². The summed E-state index contributed by atoms with van der Waals surface area (Å²) in [6, 6.07) is 17.1. The number of hydrogen-bond donors (Lipinski definition) is 2. The lowest BCUT2D eigenvalue weighted by Gasteiger charge is -2.34. The maximum absolute atomic E-state index is 6.59. The molecule has 0 spiro atoms. The van der Waals surface area contributed by atoms with Gasteiger partial charge in [0.2, 0.25) is 0 Å². The summed E-state index contributed by atoms with van der Waals surface area (Å²) in [5.41, 5.74) is 13.7. The quantitative estimate of drug-likeness (QED) is 0.714. The third-order valence-electron chi connectivity index (χ3n) is 5.81. The number of pyridine rings is 1. The SMILES string of the molecule is Cc1ccc(N2CC=C3CNCCC3=C2N)cc1-c1cc2ccccc2cn1. The lowest BCUT2D eigenvalue weighted by atomic mass is 9.95. The van der Waals surface area contributed by atoms with Gasteiger partial charge in [0.15, 0.2) is 0 Å². The summed E-state index contributed by atoms with van der Waals surface area (Å²) >= 11 is 0. The van der Waals surface area contributed by atoms with Gasteiger partial charge in [-0.05, 0) is 60.2 Å². The third-order valence-corrected chi connectivity index (χ3v) is 5.81. The van der Waals surface area contributed by atoms with Crippen LogP contribution in [0.4, 0.5) is 5.69 Å². The molecule has 1 fully saturated rings. The largest absolute Gasteiger partial charge is 0.385 e. The first-order valence-corrected chi connectivity index (χ1v) is 9.83. The van der Waals surface area contributed by atoms with Gasteiger partial charge < -0.3 is 16.0 Å². The maximum atomic E-state index is 6.59. The average Bonchev–Trinajstić information content (AvgIpc) is 2.74. The first-order valence-electron chi connectivity index (χ1n) is 9.83. The number of rotatable bonds is 2. The van der Waals surface area contributed by atoms with E-state index in [1.165, 1.54) is 22.1 Å². The second-order valence-electron chi connectivity index (χ2n) is 7.55. The predicted octanol–water partition coefficient (Wildman–Crippen LogP) is 4.12. The van der Waals surface area contributed by atoms with Crippen molar-refractivity contribution in [3.05, 3.63) is 83.3 Å². The van der Waals surface area contributed by atoms with Crippen molar-refractivity contribution >= 4 is 16.5 Å². The van der Waals surface area contributed by atoms with Crippen LogP contribution in [-0.2, 0) is 0 Å². The number of aromatic nitrogens is 1. The second kappa shape index (κ2) is 6.80. The van der Waals surface area contributed by atoms with Gasteiger partial charge >= 0.3 is 0 Å². The third kappa shape index (κ3) is 2.86.